The molecule has 0 unspecified atom stereocenters. The van der Waals surface area contributed by atoms with Gasteiger partial charge in [-0.3, -0.25) is 0 Å². The van der Waals surface area contributed by atoms with E-state index in [-0.39, 0.29) is 24.3 Å². The molecule has 4 nitrogen and oxygen atoms in total. The number of hydrogen-bond acceptors (Lipinski definition) is 5. The van der Waals surface area contributed by atoms with Crippen LogP contribution in [0.3, 0.4) is 0 Å². The van der Waals surface area contributed by atoms with E-state index in [9.17, 15) is 8.78 Å². The third-order valence-corrected chi connectivity index (χ3v) is 2.30. The SMILES string of the molecule is N#Cc1c(N)nsc1NCCC(F)F. The quantitative estimate of drug-likeness (QED) is 0.806. The highest BCUT2D eigenvalue weighted by Gasteiger charge is 2.10. The molecule has 0 radical (unpaired) electrons. The molecule has 7 heteroatoms. The topological polar surface area (TPSA) is 74.7 Å². The number of rotatable bonds is 4. The second kappa shape index (κ2) is 4.72. The highest BCUT2D eigenvalue weighted by molar-refractivity contribution is 7.10. The van der Waals surface area contributed by atoms with Gasteiger partial charge in [-0.05, 0) is 11.5 Å². The van der Waals surface area contributed by atoms with Crippen LogP contribution in [-0.2, 0) is 0 Å². The van der Waals surface area contributed by atoms with Crippen LogP contribution in [0.5, 0.6) is 0 Å². The fourth-order valence-electron chi connectivity index (χ4n) is 0.826. The highest BCUT2D eigenvalue weighted by atomic mass is 32.1. The van der Waals surface area contributed by atoms with Crippen molar-refractivity contribution in [1.82, 2.24) is 4.37 Å². The molecule has 1 rings (SSSR count). The zero-order valence-corrected chi connectivity index (χ0v) is 7.94. The molecule has 1 aromatic rings. The Labute approximate surface area is 83.5 Å². The van der Waals surface area contributed by atoms with Crippen molar-refractivity contribution in [2.24, 2.45) is 0 Å². The Kier molecular flexibility index (Phi) is 3.59. The predicted octanol–water partition coefficient (Wildman–Crippen LogP) is 1.66. The molecule has 76 valence electrons. The zero-order valence-electron chi connectivity index (χ0n) is 7.13. The first kappa shape index (κ1) is 10.7. The summed E-state index contributed by atoms with van der Waals surface area (Å²) in [7, 11) is 0. The summed E-state index contributed by atoms with van der Waals surface area (Å²) in [4.78, 5) is 0. The third kappa shape index (κ3) is 2.53. The summed E-state index contributed by atoms with van der Waals surface area (Å²) < 4.78 is 27.3. The molecule has 0 aliphatic heterocycles. The van der Waals surface area contributed by atoms with E-state index in [2.05, 4.69) is 9.69 Å². The summed E-state index contributed by atoms with van der Waals surface area (Å²) in [5.41, 5.74) is 5.60. The van der Waals surface area contributed by atoms with Gasteiger partial charge in [-0.15, -0.1) is 0 Å². The Bertz CT molecular complexity index is 344. The van der Waals surface area contributed by atoms with Crippen LogP contribution in [0.2, 0.25) is 0 Å². The predicted molar refractivity (Wildman–Crippen MR) is 50.4 cm³/mol. The van der Waals surface area contributed by atoms with Crippen molar-refractivity contribution in [2.75, 3.05) is 17.6 Å². The zero-order chi connectivity index (χ0) is 10.6. The summed E-state index contributed by atoms with van der Waals surface area (Å²) >= 11 is 0.999. The summed E-state index contributed by atoms with van der Waals surface area (Å²) in [6.45, 7) is 0.105. The van der Waals surface area contributed by atoms with Gasteiger partial charge in [-0.2, -0.15) is 9.64 Å². The van der Waals surface area contributed by atoms with Gasteiger partial charge in [0.15, 0.2) is 5.82 Å². The maximum Gasteiger partial charge on any atom is 0.240 e. The van der Waals surface area contributed by atoms with Crippen molar-refractivity contribution >= 4 is 22.4 Å². The van der Waals surface area contributed by atoms with Gasteiger partial charge < -0.3 is 11.1 Å². The van der Waals surface area contributed by atoms with Crippen LogP contribution in [0, 0.1) is 11.3 Å². The van der Waals surface area contributed by atoms with Gasteiger partial charge in [-0.1, -0.05) is 0 Å². The Hall–Kier alpha value is -1.42. The van der Waals surface area contributed by atoms with E-state index in [4.69, 9.17) is 11.0 Å². The first-order chi connectivity index (χ1) is 6.65. The van der Waals surface area contributed by atoms with Gasteiger partial charge in [-0.25, -0.2) is 8.78 Å². The van der Waals surface area contributed by atoms with Gasteiger partial charge in [0.1, 0.15) is 16.6 Å². The number of alkyl halides is 2. The normalized spacial score (nSPS) is 10.1. The largest absolute Gasteiger partial charge is 0.382 e. The fourth-order valence-corrected chi connectivity index (χ4v) is 1.51. The average molecular weight is 218 g/mol. The number of halogens is 2. The Morgan fingerprint density at radius 3 is 2.93 bits per heavy atom. The van der Waals surface area contributed by atoms with E-state index in [0.29, 0.717) is 5.00 Å². The molecule has 0 aliphatic rings. The van der Waals surface area contributed by atoms with E-state index in [1.165, 1.54) is 0 Å². The van der Waals surface area contributed by atoms with Crippen molar-refractivity contribution in [3.05, 3.63) is 5.56 Å². The molecule has 1 heterocycles. The molecule has 0 bridgehead atoms. The summed E-state index contributed by atoms with van der Waals surface area (Å²) in [5, 5.41) is 11.8. The molecular formula is C7H8F2N4S. The average Bonchev–Trinajstić information content (AvgIpc) is 2.46. The molecule has 3 N–H and O–H groups in total. The van der Waals surface area contributed by atoms with E-state index in [1.54, 1.807) is 0 Å². The number of nitrogen functional groups attached to an aromatic ring is 1. The first-order valence-corrected chi connectivity index (χ1v) is 4.59. The fraction of sp³-hybridized carbons (Fsp3) is 0.429. The number of hydrogen-bond donors (Lipinski definition) is 2. The van der Waals surface area contributed by atoms with Crippen LogP contribution in [0.1, 0.15) is 12.0 Å². The lowest BCUT2D eigenvalue weighted by Crippen LogP contribution is -2.05. The molecule has 1 aromatic heterocycles. The van der Waals surface area contributed by atoms with Crippen LogP contribution in [0.4, 0.5) is 19.6 Å². The van der Waals surface area contributed by atoms with E-state index in [1.807, 2.05) is 6.07 Å². The molecule has 0 amide bonds. The summed E-state index contributed by atoms with van der Waals surface area (Å²) in [6.07, 6.45) is -2.61. The molecule has 0 aromatic carbocycles. The first-order valence-electron chi connectivity index (χ1n) is 3.82. The van der Waals surface area contributed by atoms with Crippen LogP contribution < -0.4 is 11.1 Å². The standard InChI is InChI=1S/C7H8F2N4S/c8-5(9)1-2-12-7-4(3-10)6(11)13-14-7/h5,12H,1-2H2,(H2,11,13). The lowest BCUT2D eigenvalue weighted by atomic mass is 10.3. The monoisotopic (exact) mass is 218 g/mol. The van der Waals surface area contributed by atoms with Crippen LogP contribution in [0.25, 0.3) is 0 Å². The summed E-state index contributed by atoms with van der Waals surface area (Å²) in [6, 6.07) is 1.85. The van der Waals surface area contributed by atoms with Crippen LogP contribution in [0.15, 0.2) is 0 Å². The maximum atomic E-state index is 11.8. The van der Waals surface area contributed by atoms with E-state index in [0.717, 1.165) is 11.5 Å². The minimum absolute atomic E-state index is 0.105. The van der Waals surface area contributed by atoms with Gasteiger partial charge >= 0.3 is 0 Å². The van der Waals surface area contributed by atoms with Gasteiger partial charge in [0.05, 0.1) is 0 Å². The Morgan fingerprint density at radius 2 is 2.36 bits per heavy atom. The number of nitriles is 1. The summed E-state index contributed by atoms with van der Waals surface area (Å²) in [5.74, 6) is 0.136. The molecule has 0 saturated heterocycles. The highest BCUT2D eigenvalue weighted by Crippen LogP contribution is 2.25. The van der Waals surface area contributed by atoms with E-state index >= 15 is 0 Å². The maximum absolute atomic E-state index is 11.8. The van der Waals surface area contributed by atoms with Crippen molar-refractivity contribution in [2.45, 2.75) is 12.8 Å². The van der Waals surface area contributed by atoms with Crippen molar-refractivity contribution < 1.29 is 8.78 Å². The molecule has 0 atom stereocenters. The Morgan fingerprint density at radius 1 is 1.64 bits per heavy atom. The number of nitrogens with zero attached hydrogens (tertiary/aromatic N) is 2. The van der Waals surface area contributed by atoms with Crippen LogP contribution in [-0.4, -0.2) is 17.3 Å². The number of nitrogens with two attached hydrogens (primary N) is 1. The Balaban J connectivity index is 2.55. The number of aromatic nitrogens is 1. The molecular weight excluding hydrogens is 210 g/mol. The van der Waals surface area contributed by atoms with Crippen molar-refractivity contribution in [3.8, 4) is 6.07 Å². The molecule has 0 fully saturated rings. The molecule has 14 heavy (non-hydrogen) atoms. The molecule has 0 aliphatic carbocycles. The van der Waals surface area contributed by atoms with Gasteiger partial charge in [0.2, 0.25) is 6.43 Å². The number of anilines is 2. The van der Waals surface area contributed by atoms with Crippen molar-refractivity contribution in [1.29, 1.82) is 5.26 Å². The van der Waals surface area contributed by atoms with Crippen molar-refractivity contribution in [3.63, 3.8) is 0 Å². The molecule has 0 spiro atoms. The molecule has 0 saturated carbocycles. The lowest BCUT2D eigenvalue weighted by Gasteiger charge is -2.01. The second-order valence-electron chi connectivity index (χ2n) is 2.49. The van der Waals surface area contributed by atoms with Gasteiger partial charge in [0, 0.05) is 13.0 Å². The van der Waals surface area contributed by atoms with E-state index < -0.39 is 6.43 Å². The third-order valence-electron chi connectivity index (χ3n) is 1.48. The van der Waals surface area contributed by atoms with Crippen LogP contribution >= 0.6 is 11.5 Å². The van der Waals surface area contributed by atoms with Gasteiger partial charge in [0.25, 0.3) is 0 Å². The minimum Gasteiger partial charge on any atom is -0.382 e. The number of nitrogens with one attached hydrogen (secondary N) is 1. The lowest BCUT2D eigenvalue weighted by molar-refractivity contribution is 0.142. The smallest absolute Gasteiger partial charge is 0.240 e. The second-order valence-corrected chi connectivity index (χ2v) is 3.26. The minimum atomic E-state index is -2.35.